The van der Waals surface area contributed by atoms with E-state index in [1.54, 1.807) is 6.07 Å². The van der Waals surface area contributed by atoms with Gasteiger partial charge in [0.25, 0.3) is 0 Å². The van der Waals surface area contributed by atoms with Crippen molar-refractivity contribution in [3.8, 4) is 0 Å². The average molecular weight is 405 g/mol. The first-order chi connectivity index (χ1) is 9.91. The van der Waals surface area contributed by atoms with Gasteiger partial charge < -0.3 is 5.32 Å². The predicted molar refractivity (Wildman–Crippen MR) is 86.1 cm³/mol. The molecule has 2 aromatic rings. The lowest BCUT2D eigenvalue weighted by atomic mass is 9.98. The molecule has 0 saturated heterocycles. The van der Waals surface area contributed by atoms with Crippen molar-refractivity contribution in [2.24, 2.45) is 0 Å². The second kappa shape index (κ2) is 6.79. The monoisotopic (exact) mass is 405 g/mol. The van der Waals surface area contributed by atoms with Crippen molar-refractivity contribution in [3.05, 3.63) is 68.8 Å². The third kappa shape index (κ3) is 4.20. The maximum absolute atomic E-state index is 12.8. The second-order valence-corrected chi connectivity index (χ2v) is 5.93. The van der Waals surface area contributed by atoms with Crippen LogP contribution in [0.15, 0.2) is 48.5 Å². The van der Waals surface area contributed by atoms with E-state index in [2.05, 4.69) is 27.9 Å². The van der Waals surface area contributed by atoms with Gasteiger partial charge in [-0.15, -0.1) is 0 Å². The van der Waals surface area contributed by atoms with Crippen molar-refractivity contribution in [3.63, 3.8) is 0 Å². The number of rotatable bonds is 4. The van der Waals surface area contributed by atoms with Crippen molar-refractivity contribution >= 4 is 22.6 Å². The van der Waals surface area contributed by atoms with Gasteiger partial charge in [-0.05, 0) is 59.3 Å². The zero-order valence-electron chi connectivity index (χ0n) is 11.4. The fourth-order valence-corrected chi connectivity index (χ4v) is 3.00. The molecule has 0 aliphatic carbocycles. The van der Waals surface area contributed by atoms with E-state index in [0.717, 1.165) is 15.2 Å². The van der Waals surface area contributed by atoms with Gasteiger partial charge in [0.1, 0.15) is 0 Å². The fourth-order valence-electron chi connectivity index (χ4n) is 2.24. The molecule has 0 fully saturated rings. The first kappa shape index (κ1) is 16.3. The normalized spacial score (nSPS) is 13.2. The van der Waals surface area contributed by atoms with Gasteiger partial charge in [-0.2, -0.15) is 13.2 Å². The average Bonchev–Trinajstić information content (AvgIpc) is 2.45. The van der Waals surface area contributed by atoms with Crippen molar-refractivity contribution in [2.45, 2.75) is 18.6 Å². The maximum Gasteiger partial charge on any atom is 0.416 e. The third-order valence-corrected chi connectivity index (χ3v) is 4.31. The number of halogens is 4. The Kier molecular flexibility index (Phi) is 5.27. The highest BCUT2D eigenvalue weighted by Gasteiger charge is 2.30. The van der Waals surface area contributed by atoms with Crippen LogP contribution in [-0.4, -0.2) is 7.05 Å². The molecule has 0 amide bonds. The Morgan fingerprint density at radius 3 is 2.43 bits per heavy atom. The van der Waals surface area contributed by atoms with Crippen LogP contribution in [0.3, 0.4) is 0 Å². The highest BCUT2D eigenvalue weighted by molar-refractivity contribution is 14.1. The largest absolute Gasteiger partial charge is 0.416 e. The van der Waals surface area contributed by atoms with Gasteiger partial charge in [0.15, 0.2) is 0 Å². The van der Waals surface area contributed by atoms with Crippen molar-refractivity contribution in [1.29, 1.82) is 0 Å². The lowest BCUT2D eigenvalue weighted by Crippen LogP contribution is -2.20. The van der Waals surface area contributed by atoms with Gasteiger partial charge in [0.05, 0.1) is 5.56 Å². The van der Waals surface area contributed by atoms with Crippen molar-refractivity contribution < 1.29 is 13.2 Å². The zero-order chi connectivity index (χ0) is 15.5. The van der Waals surface area contributed by atoms with Crippen LogP contribution in [0.5, 0.6) is 0 Å². The Labute approximate surface area is 135 Å². The van der Waals surface area contributed by atoms with E-state index in [1.807, 2.05) is 31.3 Å². The lowest BCUT2D eigenvalue weighted by molar-refractivity contribution is -0.137. The molecule has 0 spiro atoms. The molecule has 0 bridgehead atoms. The summed E-state index contributed by atoms with van der Waals surface area (Å²) in [4.78, 5) is 0. The summed E-state index contributed by atoms with van der Waals surface area (Å²) in [7, 11) is 1.82. The molecular weight excluding hydrogens is 390 g/mol. The molecular formula is C16H15F3IN. The van der Waals surface area contributed by atoms with Crippen LogP contribution in [-0.2, 0) is 12.6 Å². The van der Waals surface area contributed by atoms with Crippen LogP contribution in [0.25, 0.3) is 0 Å². The van der Waals surface area contributed by atoms with Gasteiger partial charge >= 0.3 is 6.18 Å². The van der Waals surface area contributed by atoms with Crippen LogP contribution in [0.4, 0.5) is 13.2 Å². The second-order valence-electron chi connectivity index (χ2n) is 4.77. The molecule has 5 heteroatoms. The predicted octanol–water partition coefficient (Wildman–Crippen LogP) is 4.81. The van der Waals surface area contributed by atoms with Crippen LogP contribution < -0.4 is 5.32 Å². The SMILES string of the molecule is CNC(Cc1cccc(C(F)(F)F)c1)c1ccccc1I. The van der Waals surface area contributed by atoms with Crippen LogP contribution in [0, 0.1) is 3.57 Å². The minimum Gasteiger partial charge on any atom is -0.313 e. The number of nitrogens with one attached hydrogen (secondary N) is 1. The quantitative estimate of drug-likeness (QED) is 0.720. The third-order valence-electron chi connectivity index (χ3n) is 3.32. The standard InChI is InChI=1S/C16H15F3IN/c1-21-15(13-7-2-3-8-14(13)20)10-11-5-4-6-12(9-11)16(17,18)19/h2-9,15,21H,10H2,1H3. The van der Waals surface area contributed by atoms with Gasteiger partial charge in [-0.1, -0.05) is 36.4 Å². The molecule has 1 unspecified atom stereocenters. The molecule has 1 nitrogen and oxygen atoms in total. The van der Waals surface area contributed by atoms with E-state index in [-0.39, 0.29) is 6.04 Å². The first-order valence-electron chi connectivity index (χ1n) is 6.49. The highest BCUT2D eigenvalue weighted by atomic mass is 127. The summed E-state index contributed by atoms with van der Waals surface area (Å²) in [5.41, 5.74) is 1.17. The number of likely N-dealkylation sites (N-methyl/N-ethyl adjacent to an activating group) is 1. The lowest BCUT2D eigenvalue weighted by Gasteiger charge is -2.19. The summed E-state index contributed by atoms with van der Waals surface area (Å²) in [5, 5.41) is 3.18. The van der Waals surface area contributed by atoms with Gasteiger partial charge in [-0.25, -0.2) is 0 Å². The molecule has 2 aromatic carbocycles. The molecule has 112 valence electrons. The molecule has 0 saturated carbocycles. The Balaban J connectivity index is 2.26. The Bertz CT molecular complexity index is 610. The topological polar surface area (TPSA) is 12.0 Å². The molecule has 21 heavy (non-hydrogen) atoms. The fraction of sp³-hybridized carbons (Fsp3) is 0.250. The molecule has 0 aromatic heterocycles. The Morgan fingerprint density at radius 1 is 1.10 bits per heavy atom. The molecule has 2 rings (SSSR count). The molecule has 0 heterocycles. The zero-order valence-corrected chi connectivity index (χ0v) is 13.6. The van der Waals surface area contributed by atoms with E-state index < -0.39 is 11.7 Å². The molecule has 1 N–H and O–H groups in total. The van der Waals surface area contributed by atoms with Gasteiger partial charge in [-0.3, -0.25) is 0 Å². The Hall–Kier alpha value is -1.08. The van der Waals surface area contributed by atoms with E-state index in [4.69, 9.17) is 0 Å². The Morgan fingerprint density at radius 2 is 1.81 bits per heavy atom. The van der Waals surface area contributed by atoms with Crippen LogP contribution in [0.2, 0.25) is 0 Å². The van der Waals surface area contributed by atoms with E-state index in [0.29, 0.717) is 12.0 Å². The summed E-state index contributed by atoms with van der Waals surface area (Å²) >= 11 is 2.24. The molecule has 1 atom stereocenters. The first-order valence-corrected chi connectivity index (χ1v) is 7.57. The minimum atomic E-state index is -4.30. The van der Waals surface area contributed by atoms with E-state index in [1.165, 1.54) is 12.1 Å². The number of benzene rings is 2. The van der Waals surface area contributed by atoms with Gasteiger partial charge in [0.2, 0.25) is 0 Å². The number of hydrogen-bond donors (Lipinski definition) is 1. The van der Waals surface area contributed by atoms with Crippen molar-refractivity contribution in [2.75, 3.05) is 7.05 Å². The summed E-state index contributed by atoms with van der Waals surface area (Å²) < 4.78 is 39.4. The minimum absolute atomic E-state index is 0.0124. The molecule has 0 radical (unpaired) electrons. The molecule has 0 aliphatic heterocycles. The smallest absolute Gasteiger partial charge is 0.313 e. The molecule has 0 aliphatic rings. The summed E-state index contributed by atoms with van der Waals surface area (Å²) in [6.07, 6.45) is -3.78. The number of alkyl halides is 3. The summed E-state index contributed by atoms with van der Waals surface area (Å²) in [5.74, 6) is 0. The van der Waals surface area contributed by atoms with Crippen LogP contribution in [0.1, 0.15) is 22.7 Å². The van der Waals surface area contributed by atoms with Crippen molar-refractivity contribution in [1.82, 2.24) is 5.32 Å². The van der Waals surface area contributed by atoms with E-state index in [9.17, 15) is 13.2 Å². The maximum atomic E-state index is 12.8. The summed E-state index contributed by atoms with van der Waals surface area (Å²) in [6.45, 7) is 0. The highest BCUT2D eigenvalue weighted by Crippen LogP contribution is 2.31. The van der Waals surface area contributed by atoms with E-state index >= 15 is 0 Å². The van der Waals surface area contributed by atoms with Crippen LogP contribution >= 0.6 is 22.6 Å². The number of hydrogen-bond acceptors (Lipinski definition) is 1. The van der Waals surface area contributed by atoms with Gasteiger partial charge in [0, 0.05) is 9.61 Å². The summed E-state index contributed by atoms with van der Waals surface area (Å²) in [6, 6.07) is 13.4.